The van der Waals surface area contributed by atoms with E-state index in [0.29, 0.717) is 5.88 Å². The van der Waals surface area contributed by atoms with Gasteiger partial charge in [0.2, 0.25) is 5.88 Å². The maximum Gasteiger partial charge on any atom is 0.222 e. The van der Waals surface area contributed by atoms with E-state index in [0.717, 1.165) is 17.9 Å². The van der Waals surface area contributed by atoms with Crippen LogP contribution >= 0.6 is 0 Å². The van der Waals surface area contributed by atoms with Crippen LogP contribution in [0.15, 0.2) is 6.33 Å². The van der Waals surface area contributed by atoms with Gasteiger partial charge in [-0.3, -0.25) is 0 Å². The van der Waals surface area contributed by atoms with Gasteiger partial charge in [-0.05, 0) is 13.8 Å². The minimum Gasteiger partial charge on any atom is -0.464 e. The van der Waals surface area contributed by atoms with Gasteiger partial charge in [0.1, 0.15) is 12.1 Å². The molecule has 0 saturated carbocycles. The molecule has 1 aromatic heterocycles. The first-order valence-electron chi connectivity index (χ1n) is 4.41. The molecule has 0 atom stereocenters. The van der Waals surface area contributed by atoms with E-state index in [1.807, 2.05) is 13.8 Å². The topological polar surface area (TPSA) is 47.0 Å². The van der Waals surface area contributed by atoms with Crippen LogP contribution in [-0.4, -0.2) is 23.1 Å². The Kier molecular flexibility index (Phi) is 3.74. The summed E-state index contributed by atoms with van der Waals surface area (Å²) in [7, 11) is 0. The quantitative estimate of drug-likeness (QED) is 0.727. The molecule has 0 unspecified atom stereocenters. The Morgan fingerprint density at radius 2 is 2.36 bits per heavy atom. The largest absolute Gasteiger partial charge is 0.464 e. The summed E-state index contributed by atoms with van der Waals surface area (Å²) in [5.74, 6) is 3.71. The SMILES string of the molecule is C#CCOc1ncnc(NCC)c1C. The number of hydrogen-bond acceptors (Lipinski definition) is 4. The summed E-state index contributed by atoms with van der Waals surface area (Å²) in [4.78, 5) is 8.07. The van der Waals surface area contributed by atoms with Crippen molar-refractivity contribution >= 4 is 5.82 Å². The molecule has 0 spiro atoms. The zero-order chi connectivity index (χ0) is 10.4. The zero-order valence-corrected chi connectivity index (χ0v) is 8.37. The van der Waals surface area contributed by atoms with E-state index in [9.17, 15) is 0 Å². The Morgan fingerprint density at radius 3 is 3.00 bits per heavy atom. The van der Waals surface area contributed by atoms with Crippen molar-refractivity contribution in [2.24, 2.45) is 0 Å². The molecule has 1 rings (SSSR count). The van der Waals surface area contributed by atoms with Crippen LogP contribution in [0.3, 0.4) is 0 Å². The summed E-state index contributed by atoms with van der Waals surface area (Å²) in [5, 5.41) is 3.11. The minimum absolute atomic E-state index is 0.226. The van der Waals surface area contributed by atoms with E-state index in [4.69, 9.17) is 11.2 Å². The van der Waals surface area contributed by atoms with Crippen molar-refractivity contribution in [1.29, 1.82) is 0 Å². The molecule has 1 aromatic rings. The second kappa shape index (κ2) is 5.07. The molecule has 74 valence electrons. The number of aromatic nitrogens is 2. The highest BCUT2D eigenvalue weighted by molar-refractivity contribution is 5.47. The predicted octanol–water partition coefficient (Wildman–Crippen LogP) is 1.23. The molecule has 0 aromatic carbocycles. The number of nitrogens with zero attached hydrogens (tertiary/aromatic N) is 2. The Morgan fingerprint density at radius 1 is 1.57 bits per heavy atom. The van der Waals surface area contributed by atoms with Crippen LogP contribution in [-0.2, 0) is 0 Å². The van der Waals surface area contributed by atoms with Gasteiger partial charge in [0.05, 0.1) is 5.56 Å². The van der Waals surface area contributed by atoms with Crippen molar-refractivity contribution < 1.29 is 4.74 Å². The van der Waals surface area contributed by atoms with Crippen molar-refractivity contribution in [3.8, 4) is 18.2 Å². The highest BCUT2D eigenvalue weighted by Gasteiger charge is 2.06. The van der Waals surface area contributed by atoms with Crippen LogP contribution in [0.2, 0.25) is 0 Å². The van der Waals surface area contributed by atoms with Crippen LogP contribution in [0.5, 0.6) is 5.88 Å². The van der Waals surface area contributed by atoms with E-state index in [2.05, 4.69) is 21.2 Å². The lowest BCUT2D eigenvalue weighted by Crippen LogP contribution is -2.05. The van der Waals surface area contributed by atoms with Gasteiger partial charge in [-0.2, -0.15) is 0 Å². The van der Waals surface area contributed by atoms with Crippen LogP contribution < -0.4 is 10.1 Å². The summed E-state index contributed by atoms with van der Waals surface area (Å²) < 4.78 is 5.25. The molecule has 0 aliphatic carbocycles. The van der Waals surface area contributed by atoms with Crippen molar-refractivity contribution in [3.05, 3.63) is 11.9 Å². The Bertz CT molecular complexity index is 344. The Balaban J connectivity index is 2.85. The minimum atomic E-state index is 0.226. The summed E-state index contributed by atoms with van der Waals surface area (Å²) in [6, 6.07) is 0. The average Bonchev–Trinajstić information content (AvgIpc) is 2.20. The third-order valence-electron chi connectivity index (χ3n) is 1.67. The smallest absolute Gasteiger partial charge is 0.222 e. The summed E-state index contributed by atoms with van der Waals surface area (Å²) in [5.41, 5.74) is 0.879. The summed E-state index contributed by atoms with van der Waals surface area (Å²) in [6.45, 7) is 4.93. The van der Waals surface area contributed by atoms with Gasteiger partial charge in [-0.1, -0.05) is 5.92 Å². The van der Waals surface area contributed by atoms with E-state index in [1.165, 1.54) is 6.33 Å². The molecule has 1 heterocycles. The van der Waals surface area contributed by atoms with Crippen LogP contribution in [0.4, 0.5) is 5.82 Å². The highest BCUT2D eigenvalue weighted by atomic mass is 16.5. The van der Waals surface area contributed by atoms with E-state index >= 15 is 0 Å². The maximum absolute atomic E-state index is 5.25. The number of ether oxygens (including phenoxy) is 1. The molecule has 0 fully saturated rings. The fourth-order valence-electron chi connectivity index (χ4n) is 1.04. The molecule has 0 radical (unpaired) electrons. The fraction of sp³-hybridized carbons (Fsp3) is 0.400. The second-order valence-corrected chi connectivity index (χ2v) is 2.68. The van der Waals surface area contributed by atoms with Crippen molar-refractivity contribution in [2.45, 2.75) is 13.8 Å². The zero-order valence-electron chi connectivity index (χ0n) is 8.37. The lowest BCUT2D eigenvalue weighted by atomic mass is 10.3. The first kappa shape index (κ1) is 10.3. The molecule has 0 aliphatic heterocycles. The normalized spacial score (nSPS) is 9.21. The molecule has 14 heavy (non-hydrogen) atoms. The molecule has 0 saturated heterocycles. The first-order valence-corrected chi connectivity index (χ1v) is 4.41. The van der Waals surface area contributed by atoms with Crippen LogP contribution in [0.1, 0.15) is 12.5 Å². The molecular formula is C10H13N3O. The monoisotopic (exact) mass is 191 g/mol. The molecule has 0 aliphatic rings. The standard InChI is InChI=1S/C10H13N3O/c1-4-6-14-10-8(3)9(11-5-2)12-7-13-10/h1,7H,5-6H2,2-3H3,(H,11,12,13). The molecule has 0 bridgehead atoms. The number of anilines is 1. The van der Waals surface area contributed by atoms with Gasteiger partial charge < -0.3 is 10.1 Å². The summed E-state index contributed by atoms with van der Waals surface area (Å²) in [6.07, 6.45) is 6.54. The van der Waals surface area contributed by atoms with Gasteiger partial charge in [0, 0.05) is 6.54 Å². The van der Waals surface area contributed by atoms with Crippen molar-refractivity contribution in [2.75, 3.05) is 18.5 Å². The van der Waals surface area contributed by atoms with Crippen molar-refractivity contribution in [1.82, 2.24) is 9.97 Å². The van der Waals surface area contributed by atoms with Crippen LogP contribution in [0, 0.1) is 19.3 Å². The number of rotatable bonds is 4. The third kappa shape index (κ3) is 2.36. The van der Waals surface area contributed by atoms with Gasteiger partial charge in [0.25, 0.3) is 0 Å². The number of nitrogens with one attached hydrogen (secondary N) is 1. The lowest BCUT2D eigenvalue weighted by Gasteiger charge is -2.09. The predicted molar refractivity (Wildman–Crippen MR) is 55.3 cm³/mol. The van der Waals surface area contributed by atoms with E-state index in [1.54, 1.807) is 0 Å². The third-order valence-corrected chi connectivity index (χ3v) is 1.67. The molecule has 1 N–H and O–H groups in total. The fourth-order valence-corrected chi connectivity index (χ4v) is 1.04. The Hall–Kier alpha value is -1.76. The van der Waals surface area contributed by atoms with E-state index in [-0.39, 0.29) is 6.61 Å². The highest BCUT2D eigenvalue weighted by Crippen LogP contribution is 2.19. The van der Waals surface area contributed by atoms with Gasteiger partial charge >= 0.3 is 0 Å². The second-order valence-electron chi connectivity index (χ2n) is 2.68. The molecule has 4 heteroatoms. The van der Waals surface area contributed by atoms with Gasteiger partial charge in [0.15, 0.2) is 6.61 Å². The van der Waals surface area contributed by atoms with Crippen LogP contribution in [0.25, 0.3) is 0 Å². The molecular weight excluding hydrogens is 178 g/mol. The maximum atomic E-state index is 5.25. The number of terminal acetylenes is 1. The lowest BCUT2D eigenvalue weighted by molar-refractivity contribution is 0.352. The van der Waals surface area contributed by atoms with E-state index < -0.39 is 0 Å². The Labute approximate surface area is 83.7 Å². The molecule has 4 nitrogen and oxygen atoms in total. The van der Waals surface area contributed by atoms with Crippen molar-refractivity contribution in [3.63, 3.8) is 0 Å². The summed E-state index contributed by atoms with van der Waals surface area (Å²) >= 11 is 0. The van der Waals surface area contributed by atoms with Gasteiger partial charge in [-0.25, -0.2) is 9.97 Å². The number of hydrogen-bond donors (Lipinski definition) is 1. The average molecular weight is 191 g/mol. The first-order chi connectivity index (χ1) is 6.79. The molecule has 0 amide bonds. The van der Waals surface area contributed by atoms with Gasteiger partial charge in [-0.15, -0.1) is 6.42 Å².